The maximum atomic E-state index is 12.0. The summed E-state index contributed by atoms with van der Waals surface area (Å²) in [7, 11) is 0. The number of thioether (sulfide) groups is 1. The largest absolute Gasteiger partial charge is 0.397 e. The molecule has 0 saturated heterocycles. The van der Waals surface area contributed by atoms with Crippen LogP contribution in [0.5, 0.6) is 0 Å². The highest BCUT2D eigenvalue weighted by atomic mass is 35.5. The van der Waals surface area contributed by atoms with Crippen LogP contribution in [0.3, 0.4) is 0 Å². The van der Waals surface area contributed by atoms with Crippen LogP contribution in [0.15, 0.2) is 18.2 Å². The maximum absolute atomic E-state index is 12.0. The second-order valence-corrected chi connectivity index (χ2v) is 6.80. The van der Waals surface area contributed by atoms with Gasteiger partial charge in [0.05, 0.1) is 16.6 Å². The second kappa shape index (κ2) is 7.65. The van der Waals surface area contributed by atoms with Gasteiger partial charge in [0, 0.05) is 5.02 Å². The van der Waals surface area contributed by atoms with Gasteiger partial charge in [-0.1, -0.05) is 25.4 Å². The summed E-state index contributed by atoms with van der Waals surface area (Å²) in [5.41, 5.74) is 6.90. The van der Waals surface area contributed by atoms with E-state index in [-0.39, 0.29) is 11.2 Å². The van der Waals surface area contributed by atoms with Crippen LogP contribution >= 0.6 is 23.4 Å². The lowest BCUT2D eigenvalue weighted by Crippen LogP contribution is -2.23. The van der Waals surface area contributed by atoms with Gasteiger partial charge >= 0.3 is 0 Å². The molecule has 0 saturated carbocycles. The molecule has 0 fully saturated rings. The Bertz CT molecular complexity index is 437. The summed E-state index contributed by atoms with van der Waals surface area (Å²) < 4.78 is 0. The Morgan fingerprint density at radius 3 is 2.74 bits per heavy atom. The van der Waals surface area contributed by atoms with Gasteiger partial charge in [-0.25, -0.2) is 0 Å². The lowest BCUT2D eigenvalue weighted by Gasteiger charge is -2.14. The molecule has 3 N–H and O–H groups in total. The molecule has 0 radical (unpaired) electrons. The summed E-state index contributed by atoms with van der Waals surface area (Å²) in [6, 6.07) is 5.06. The Balaban J connectivity index is 2.51. The number of hydrogen-bond donors (Lipinski definition) is 2. The quantitative estimate of drug-likeness (QED) is 0.780. The lowest BCUT2D eigenvalue weighted by molar-refractivity contribution is -0.115. The standard InChI is InChI=1S/C14H21ClN2OS/c1-9(2)6-7-19-10(3)14(18)17-13-8-11(15)4-5-12(13)16/h4-5,8-10H,6-7,16H2,1-3H3,(H,17,18). The van der Waals surface area contributed by atoms with Gasteiger partial charge in [-0.2, -0.15) is 0 Å². The summed E-state index contributed by atoms with van der Waals surface area (Å²) in [6.45, 7) is 6.26. The van der Waals surface area contributed by atoms with Crippen molar-refractivity contribution in [3.8, 4) is 0 Å². The Morgan fingerprint density at radius 1 is 1.42 bits per heavy atom. The fourth-order valence-corrected chi connectivity index (χ4v) is 2.77. The number of carbonyl (C=O) groups is 1. The minimum atomic E-state index is -0.0999. The number of hydrogen-bond acceptors (Lipinski definition) is 3. The van der Waals surface area contributed by atoms with Crippen molar-refractivity contribution in [2.45, 2.75) is 32.4 Å². The molecule has 0 aliphatic carbocycles. The average molecular weight is 301 g/mol. The monoisotopic (exact) mass is 300 g/mol. The molecular weight excluding hydrogens is 280 g/mol. The molecule has 1 aromatic rings. The zero-order valence-electron chi connectivity index (χ0n) is 11.6. The van der Waals surface area contributed by atoms with Crippen molar-refractivity contribution in [2.24, 2.45) is 5.92 Å². The molecule has 0 aromatic heterocycles. The van der Waals surface area contributed by atoms with Crippen LogP contribution in [0, 0.1) is 5.92 Å². The normalized spacial score (nSPS) is 12.5. The smallest absolute Gasteiger partial charge is 0.237 e. The van der Waals surface area contributed by atoms with E-state index in [9.17, 15) is 4.79 Å². The highest BCUT2D eigenvalue weighted by Crippen LogP contribution is 2.24. The minimum Gasteiger partial charge on any atom is -0.397 e. The van der Waals surface area contributed by atoms with Gasteiger partial charge in [0.15, 0.2) is 0 Å². The molecule has 0 heterocycles. The number of anilines is 2. The van der Waals surface area contributed by atoms with E-state index in [1.54, 1.807) is 30.0 Å². The third-order valence-corrected chi connectivity index (χ3v) is 4.13. The van der Waals surface area contributed by atoms with Crippen molar-refractivity contribution in [2.75, 3.05) is 16.8 Å². The summed E-state index contributed by atoms with van der Waals surface area (Å²) in [6.07, 6.45) is 1.11. The molecule has 106 valence electrons. The zero-order valence-corrected chi connectivity index (χ0v) is 13.1. The molecule has 3 nitrogen and oxygen atoms in total. The van der Waals surface area contributed by atoms with Crippen LogP contribution < -0.4 is 11.1 Å². The van der Waals surface area contributed by atoms with E-state index < -0.39 is 0 Å². The molecule has 1 aromatic carbocycles. The highest BCUT2D eigenvalue weighted by Gasteiger charge is 2.14. The Kier molecular flexibility index (Phi) is 6.52. The first-order valence-electron chi connectivity index (χ1n) is 6.37. The molecule has 0 spiro atoms. The van der Waals surface area contributed by atoms with E-state index in [2.05, 4.69) is 19.2 Å². The number of benzene rings is 1. The molecule has 0 bridgehead atoms. The third-order valence-electron chi connectivity index (χ3n) is 2.71. The third kappa shape index (κ3) is 5.74. The van der Waals surface area contributed by atoms with Gasteiger partial charge in [-0.05, 0) is 43.2 Å². The van der Waals surface area contributed by atoms with E-state index in [4.69, 9.17) is 17.3 Å². The Hall–Kier alpha value is -0.870. The molecule has 0 aliphatic rings. The summed E-state index contributed by atoms with van der Waals surface area (Å²) >= 11 is 7.54. The molecule has 1 amide bonds. The number of amides is 1. The fourth-order valence-electron chi connectivity index (χ4n) is 1.43. The van der Waals surface area contributed by atoms with E-state index in [0.717, 1.165) is 12.2 Å². The molecule has 1 rings (SSSR count). The van der Waals surface area contributed by atoms with Gasteiger partial charge in [0.1, 0.15) is 0 Å². The number of rotatable bonds is 6. The molecule has 1 unspecified atom stereocenters. The lowest BCUT2D eigenvalue weighted by atomic mass is 10.2. The van der Waals surface area contributed by atoms with Gasteiger partial charge in [-0.3, -0.25) is 4.79 Å². The van der Waals surface area contributed by atoms with Crippen LogP contribution in [0.1, 0.15) is 27.2 Å². The first-order chi connectivity index (χ1) is 8.90. The number of halogens is 1. The van der Waals surface area contributed by atoms with Crippen molar-refractivity contribution in [1.29, 1.82) is 0 Å². The van der Waals surface area contributed by atoms with Crippen molar-refractivity contribution in [3.05, 3.63) is 23.2 Å². The fraction of sp³-hybridized carbons (Fsp3) is 0.500. The highest BCUT2D eigenvalue weighted by molar-refractivity contribution is 8.00. The zero-order chi connectivity index (χ0) is 14.4. The number of nitrogens with two attached hydrogens (primary N) is 1. The number of carbonyl (C=O) groups excluding carboxylic acids is 1. The van der Waals surface area contributed by atoms with Crippen molar-refractivity contribution in [3.63, 3.8) is 0 Å². The number of nitrogen functional groups attached to an aromatic ring is 1. The van der Waals surface area contributed by atoms with E-state index in [0.29, 0.717) is 22.3 Å². The van der Waals surface area contributed by atoms with E-state index in [1.807, 2.05) is 6.92 Å². The van der Waals surface area contributed by atoms with Crippen LogP contribution in [0.4, 0.5) is 11.4 Å². The predicted molar refractivity (Wildman–Crippen MR) is 85.9 cm³/mol. The molecule has 5 heteroatoms. The topological polar surface area (TPSA) is 55.1 Å². The van der Waals surface area contributed by atoms with Gasteiger partial charge < -0.3 is 11.1 Å². The van der Waals surface area contributed by atoms with Gasteiger partial charge in [0.2, 0.25) is 5.91 Å². The Morgan fingerprint density at radius 2 is 2.11 bits per heavy atom. The van der Waals surface area contributed by atoms with Gasteiger partial charge in [0.25, 0.3) is 0 Å². The molecule has 19 heavy (non-hydrogen) atoms. The first kappa shape index (κ1) is 16.2. The summed E-state index contributed by atoms with van der Waals surface area (Å²) in [5, 5.41) is 3.28. The van der Waals surface area contributed by atoms with Crippen molar-refractivity contribution < 1.29 is 4.79 Å². The van der Waals surface area contributed by atoms with Crippen LogP contribution in [0.25, 0.3) is 0 Å². The summed E-state index contributed by atoms with van der Waals surface area (Å²) in [4.78, 5) is 12.0. The van der Waals surface area contributed by atoms with E-state index in [1.165, 1.54) is 0 Å². The second-order valence-electron chi connectivity index (χ2n) is 4.92. The minimum absolute atomic E-state index is 0.0391. The van der Waals surface area contributed by atoms with Gasteiger partial charge in [-0.15, -0.1) is 11.8 Å². The molecule has 1 atom stereocenters. The first-order valence-corrected chi connectivity index (χ1v) is 7.80. The van der Waals surface area contributed by atoms with Crippen LogP contribution in [-0.4, -0.2) is 16.9 Å². The van der Waals surface area contributed by atoms with Crippen LogP contribution in [0.2, 0.25) is 5.02 Å². The maximum Gasteiger partial charge on any atom is 0.237 e. The van der Waals surface area contributed by atoms with E-state index >= 15 is 0 Å². The molecular formula is C14H21ClN2OS. The predicted octanol–water partition coefficient (Wildman–Crippen LogP) is 4.03. The average Bonchev–Trinajstić information content (AvgIpc) is 2.33. The van der Waals surface area contributed by atoms with Crippen molar-refractivity contribution in [1.82, 2.24) is 0 Å². The number of nitrogens with one attached hydrogen (secondary N) is 1. The van der Waals surface area contributed by atoms with Crippen LogP contribution in [-0.2, 0) is 4.79 Å². The Labute approximate surface area is 124 Å². The SMILES string of the molecule is CC(C)CCSC(C)C(=O)Nc1cc(Cl)ccc1N. The van der Waals surface area contributed by atoms with Crippen molar-refractivity contribution >= 4 is 40.6 Å². The molecule has 0 aliphatic heterocycles. The summed E-state index contributed by atoms with van der Waals surface area (Å²) in [5.74, 6) is 1.60.